The van der Waals surface area contributed by atoms with Crippen molar-refractivity contribution < 1.29 is 22.0 Å². The smallest absolute Gasteiger partial charge is 0.288 e. The van der Waals surface area contributed by atoms with Crippen LogP contribution in [0, 0.1) is 0 Å². The van der Waals surface area contributed by atoms with Gasteiger partial charge in [0.05, 0.1) is 16.1 Å². The van der Waals surface area contributed by atoms with E-state index in [-0.39, 0.29) is 4.90 Å². The van der Waals surface area contributed by atoms with Crippen LogP contribution in [0.3, 0.4) is 0 Å². The topological polar surface area (TPSA) is 78.5 Å². The van der Waals surface area contributed by atoms with Crippen molar-refractivity contribution in [1.82, 2.24) is 4.31 Å². The summed E-state index contributed by atoms with van der Waals surface area (Å²) in [7, 11) is -3.62. The number of sulfonamides is 1. The van der Waals surface area contributed by atoms with Crippen LogP contribution in [0.1, 0.15) is 29.6 Å². The highest BCUT2D eigenvalue weighted by Crippen LogP contribution is 2.28. The van der Waals surface area contributed by atoms with Crippen LogP contribution in [0.5, 0.6) is 0 Å². The lowest BCUT2D eigenvalue weighted by molar-refractivity contribution is 0.102. The number of thioether (sulfide) groups is 1. The van der Waals surface area contributed by atoms with Gasteiger partial charge < -0.3 is 10.6 Å². The number of halogens is 2. The lowest BCUT2D eigenvalue weighted by atomic mass is 10.1. The first kappa shape index (κ1) is 25.2. The minimum Gasteiger partial charge on any atom is -0.355 e. The van der Waals surface area contributed by atoms with Gasteiger partial charge in [-0.25, -0.2) is 8.42 Å². The van der Waals surface area contributed by atoms with Gasteiger partial charge in [0.25, 0.3) is 11.7 Å². The molecule has 1 heterocycles. The van der Waals surface area contributed by atoms with Crippen LogP contribution < -0.4 is 10.6 Å². The van der Waals surface area contributed by atoms with E-state index >= 15 is 0 Å². The largest absolute Gasteiger partial charge is 0.355 e. The lowest BCUT2D eigenvalue weighted by Gasteiger charge is -2.26. The fraction of sp³-hybridized carbons (Fsp3) is 0.240. The van der Waals surface area contributed by atoms with Crippen molar-refractivity contribution in [3.05, 3.63) is 78.4 Å². The van der Waals surface area contributed by atoms with Crippen molar-refractivity contribution >= 4 is 44.8 Å². The maximum Gasteiger partial charge on any atom is 0.288 e. The van der Waals surface area contributed by atoms with Gasteiger partial charge in [-0.15, -0.1) is 0 Å². The summed E-state index contributed by atoms with van der Waals surface area (Å²) in [6.07, 6.45) is 2.70. The molecule has 1 amide bonds. The number of alkyl halides is 2. The Bertz CT molecular complexity index is 1280. The molecule has 4 rings (SSSR count). The molecule has 184 valence electrons. The molecular formula is C25H25F2N3O3S2. The number of hydrogen-bond acceptors (Lipinski definition) is 5. The van der Waals surface area contributed by atoms with Gasteiger partial charge in [0.2, 0.25) is 10.0 Å². The number of anilines is 3. The quantitative estimate of drug-likeness (QED) is 0.349. The van der Waals surface area contributed by atoms with Crippen LogP contribution >= 0.6 is 11.8 Å². The highest BCUT2D eigenvalue weighted by molar-refractivity contribution is 7.99. The van der Waals surface area contributed by atoms with E-state index in [4.69, 9.17) is 0 Å². The number of nitrogens with one attached hydrogen (secondary N) is 2. The summed E-state index contributed by atoms with van der Waals surface area (Å²) < 4.78 is 52.6. The number of piperidine rings is 1. The number of hydrogen-bond donors (Lipinski definition) is 2. The third-order valence-corrected chi connectivity index (χ3v) is 8.19. The van der Waals surface area contributed by atoms with E-state index in [9.17, 15) is 22.0 Å². The molecule has 1 aliphatic rings. The van der Waals surface area contributed by atoms with Crippen molar-refractivity contribution in [2.24, 2.45) is 0 Å². The van der Waals surface area contributed by atoms with Crippen molar-refractivity contribution in [3.8, 4) is 0 Å². The molecule has 0 atom stereocenters. The number of para-hydroxylation sites is 1. The molecule has 0 radical (unpaired) electrons. The summed E-state index contributed by atoms with van der Waals surface area (Å²) >= 11 is 0.463. The molecule has 3 aromatic carbocycles. The van der Waals surface area contributed by atoms with Gasteiger partial charge in [-0.2, -0.15) is 13.1 Å². The molecule has 0 saturated carbocycles. The van der Waals surface area contributed by atoms with E-state index in [2.05, 4.69) is 10.6 Å². The maximum absolute atomic E-state index is 13.1. The molecule has 6 nitrogen and oxygen atoms in total. The molecule has 0 spiro atoms. The average molecular weight is 518 g/mol. The zero-order valence-electron chi connectivity index (χ0n) is 18.8. The highest BCUT2D eigenvalue weighted by Gasteiger charge is 2.26. The normalized spacial score (nSPS) is 14.6. The van der Waals surface area contributed by atoms with E-state index in [0.29, 0.717) is 52.4 Å². The van der Waals surface area contributed by atoms with Crippen LogP contribution in [0.4, 0.5) is 25.8 Å². The minimum absolute atomic E-state index is 0.144. The van der Waals surface area contributed by atoms with Crippen molar-refractivity contribution in [3.63, 3.8) is 0 Å². The molecule has 35 heavy (non-hydrogen) atoms. The molecule has 1 fully saturated rings. The Hall–Kier alpha value is -2.95. The van der Waals surface area contributed by atoms with Gasteiger partial charge in [-0.05, 0) is 67.4 Å². The summed E-state index contributed by atoms with van der Waals surface area (Å²) in [5, 5.41) is 5.92. The molecule has 2 N–H and O–H groups in total. The Balaban J connectivity index is 1.50. The fourth-order valence-corrected chi connectivity index (χ4v) is 5.91. The van der Waals surface area contributed by atoms with E-state index in [1.54, 1.807) is 60.7 Å². The first-order chi connectivity index (χ1) is 16.8. The number of carbonyl (C=O) groups is 1. The van der Waals surface area contributed by atoms with Gasteiger partial charge in [0, 0.05) is 29.4 Å². The Labute approximate surface area is 207 Å². The Morgan fingerprint density at radius 1 is 0.886 bits per heavy atom. The van der Waals surface area contributed by atoms with Gasteiger partial charge in [-0.1, -0.05) is 36.4 Å². The molecule has 10 heteroatoms. The number of amides is 1. The van der Waals surface area contributed by atoms with E-state index in [1.165, 1.54) is 16.4 Å². The average Bonchev–Trinajstić information content (AvgIpc) is 2.86. The van der Waals surface area contributed by atoms with Crippen molar-refractivity contribution in [2.75, 3.05) is 23.7 Å². The van der Waals surface area contributed by atoms with Crippen LogP contribution in [0.25, 0.3) is 0 Å². The summed E-state index contributed by atoms with van der Waals surface area (Å²) in [4.78, 5) is 13.7. The first-order valence-corrected chi connectivity index (χ1v) is 13.5. The summed E-state index contributed by atoms with van der Waals surface area (Å²) in [5.41, 5.74) is 1.88. The van der Waals surface area contributed by atoms with Crippen LogP contribution in [0.2, 0.25) is 0 Å². The monoisotopic (exact) mass is 517 g/mol. The van der Waals surface area contributed by atoms with E-state index in [0.717, 1.165) is 19.3 Å². The zero-order chi connectivity index (χ0) is 24.8. The summed E-state index contributed by atoms with van der Waals surface area (Å²) in [5.74, 6) is -2.91. The number of benzene rings is 3. The van der Waals surface area contributed by atoms with Gasteiger partial charge in [0.1, 0.15) is 0 Å². The molecule has 1 aliphatic heterocycles. The standard InChI is InChI=1S/C25H25F2N3O3S2/c26-25(27)34-20-13-11-18(12-14-20)28-23-10-3-2-9-22(23)24(31)29-19-7-6-8-21(17-19)35(32,33)30-15-4-1-5-16-30/h2-3,6-14,17,25,28H,1,4-5,15-16H2,(H,29,31). The van der Waals surface area contributed by atoms with Crippen molar-refractivity contribution in [1.29, 1.82) is 0 Å². The van der Waals surface area contributed by atoms with E-state index < -0.39 is 21.7 Å². The maximum atomic E-state index is 13.1. The highest BCUT2D eigenvalue weighted by atomic mass is 32.2. The predicted octanol–water partition coefficient (Wildman–Crippen LogP) is 6.17. The molecule has 0 unspecified atom stereocenters. The molecule has 0 aromatic heterocycles. The predicted molar refractivity (Wildman–Crippen MR) is 135 cm³/mol. The molecule has 0 bridgehead atoms. The number of carbonyl (C=O) groups excluding carboxylic acids is 1. The second-order valence-electron chi connectivity index (χ2n) is 8.02. The summed E-state index contributed by atoms with van der Waals surface area (Å²) in [6.45, 7) is 1.000. The molecular weight excluding hydrogens is 492 g/mol. The Kier molecular flexibility index (Phi) is 8.04. The van der Waals surface area contributed by atoms with Gasteiger partial charge in [-0.3, -0.25) is 4.79 Å². The van der Waals surface area contributed by atoms with Gasteiger partial charge >= 0.3 is 0 Å². The second-order valence-corrected chi connectivity index (χ2v) is 11.0. The Morgan fingerprint density at radius 3 is 2.31 bits per heavy atom. The summed E-state index contributed by atoms with van der Waals surface area (Å²) in [6, 6.07) is 19.6. The lowest BCUT2D eigenvalue weighted by Crippen LogP contribution is -2.35. The molecule has 1 saturated heterocycles. The van der Waals surface area contributed by atoms with E-state index in [1.807, 2.05) is 0 Å². The minimum atomic E-state index is -3.62. The molecule has 0 aliphatic carbocycles. The third-order valence-electron chi connectivity index (χ3n) is 5.57. The van der Waals surface area contributed by atoms with Crippen LogP contribution in [-0.2, 0) is 10.0 Å². The second kappa shape index (κ2) is 11.2. The Morgan fingerprint density at radius 2 is 1.60 bits per heavy atom. The SMILES string of the molecule is O=C(Nc1cccc(S(=O)(=O)N2CCCCC2)c1)c1ccccc1Nc1ccc(SC(F)F)cc1. The zero-order valence-corrected chi connectivity index (χ0v) is 20.4. The van der Waals surface area contributed by atoms with Crippen LogP contribution in [-0.4, -0.2) is 37.5 Å². The number of nitrogens with zero attached hydrogens (tertiary/aromatic N) is 1. The van der Waals surface area contributed by atoms with Gasteiger partial charge in [0.15, 0.2) is 0 Å². The fourth-order valence-electron chi connectivity index (χ4n) is 3.85. The molecule has 3 aromatic rings. The first-order valence-electron chi connectivity index (χ1n) is 11.2. The number of rotatable bonds is 8. The van der Waals surface area contributed by atoms with Crippen LogP contribution in [0.15, 0.2) is 82.6 Å². The van der Waals surface area contributed by atoms with Crippen molar-refractivity contribution in [2.45, 2.75) is 34.8 Å². The third kappa shape index (κ3) is 6.39.